The molecule has 2 aromatic rings. The summed E-state index contributed by atoms with van der Waals surface area (Å²) in [5.41, 5.74) is 0.425. The maximum Gasteiger partial charge on any atom is 0.230 e. The van der Waals surface area contributed by atoms with Crippen LogP contribution in [0.5, 0.6) is 0 Å². The molecule has 1 amide bonds. The summed E-state index contributed by atoms with van der Waals surface area (Å²) >= 11 is 0. The number of nitrogens with one attached hydrogen (secondary N) is 2. The number of benzene rings is 1. The first kappa shape index (κ1) is 11.3. The third-order valence-electron chi connectivity index (χ3n) is 2.14. The Kier molecular flexibility index (Phi) is 3.13. The molecule has 1 aromatic carbocycles. The van der Waals surface area contributed by atoms with E-state index in [4.69, 9.17) is 0 Å². The summed E-state index contributed by atoms with van der Waals surface area (Å²) < 4.78 is 26.1. The van der Waals surface area contributed by atoms with E-state index < -0.39 is 17.5 Å². The van der Waals surface area contributed by atoms with Crippen molar-refractivity contribution in [2.75, 3.05) is 5.32 Å². The van der Waals surface area contributed by atoms with Crippen molar-refractivity contribution in [3.05, 3.63) is 47.8 Å². The molecule has 0 aliphatic rings. The number of rotatable bonds is 3. The van der Waals surface area contributed by atoms with Crippen molar-refractivity contribution in [2.45, 2.75) is 6.42 Å². The fraction of sp³-hybridized carbons (Fsp3) is 0.0909. The molecule has 2 rings (SSSR count). The zero-order valence-corrected chi connectivity index (χ0v) is 8.71. The lowest BCUT2D eigenvalue weighted by Gasteiger charge is -2.05. The number of carbonyl (C=O) groups is 1. The first-order valence-corrected chi connectivity index (χ1v) is 4.89. The molecular weight excluding hydrogens is 228 g/mol. The lowest BCUT2D eigenvalue weighted by atomic mass is 10.2. The lowest BCUT2D eigenvalue weighted by Crippen LogP contribution is -2.16. The van der Waals surface area contributed by atoms with E-state index in [0.29, 0.717) is 5.69 Å². The van der Waals surface area contributed by atoms with Crippen LogP contribution in [0.1, 0.15) is 5.69 Å². The van der Waals surface area contributed by atoms with Crippen LogP contribution in [0.3, 0.4) is 0 Å². The molecule has 0 atom stereocenters. The third kappa shape index (κ3) is 2.66. The average molecular weight is 237 g/mol. The van der Waals surface area contributed by atoms with Gasteiger partial charge in [-0.05, 0) is 18.2 Å². The van der Waals surface area contributed by atoms with Gasteiger partial charge in [0.15, 0.2) is 11.6 Å². The van der Waals surface area contributed by atoms with Crippen LogP contribution in [0, 0.1) is 11.6 Å². The summed E-state index contributed by atoms with van der Waals surface area (Å²) in [6.07, 6.45) is 1.53. The number of nitrogens with zero attached hydrogens (tertiary/aromatic N) is 1. The molecular formula is C11H9F2N3O. The SMILES string of the molecule is O=C(Cc1ccn[nH]1)Nc1cccc(F)c1F. The average Bonchev–Trinajstić information content (AvgIpc) is 2.77. The van der Waals surface area contributed by atoms with Gasteiger partial charge < -0.3 is 5.32 Å². The molecule has 0 aliphatic carbocycles. The second-order valence-electron chi connectivity index (χ2n) is 3.41. The maximum absolute atomic E-state index is 13.2. The van der Waals surface area contributed by atoms with Crippen molar-refractivity contribution >= 4 is 11.6 Å². The molecule has 0 spiro atoms. The second-order valence-corrected chi connectivity index (χ2v) is 3.41. The number of carbonyl (C=O) groups excluding carboxylic acids is 1. The highest BCUT2D eigenvalue weighted by Gasteiger charge is 2.11. The first-order valence-electron chi connectivity index (χ1n) is 4.89. The standard InChI is InChI=1S/C11H9F2N3O/c12-8-2-1-3-9(11(8)13)15-10(17)6-7-4-5-14-16-7/h1-5H,6H2,(H,14,16)(H,15,17). The van der Waals surface area contributed by atoms with Crippen LogP contribution in [-0.4, -0.2) is 16.1 Å². The highest BCUT2D eigenvalue weighted by atomic mass is 19.2. The van der Waals surface area contributed by atoms with Crippen LogP contribution in [0.15, 0.2) is 30.5 Å². The molecule has 6 heteroatoms. The van der Waals surface area contributed by atoms with E-state index in [1.165, 1.54) is 18.3 Å². The van der Waals surface area contributed by atoms with E-state index in [1.807, 2.05) is 0 Å². The van der Waals surface area contributed by atoms with E-state index in [0.717, 1.165) is 6.07 Å². The minimum absolute atomic E-state index is 0.0238. The van der Waals surface area contributed by atoms with Crippen LogP contribution < -0.4 is 5.32 Å². The monoisotopic (exact) mass is 237 g/mol. The number of H-pyrrole nitrogens is 1. The predicted octanol–water partition coefficient (Wildman–Crippen LogP) is 1.87. The van der Waals surface area contributed by atoms with Gasteiger partial charge in [-0.15, -0.1) is 0 Å². The Morgan fingerprint density at radius 2 is 2.18 bits per heavy atom. The predicted molar refractivity (Wildman–Crippen MR) is 57.3 cm³/mol. The number of halogens is 2. The molecule has 0 saturated heterocycles. The summed E-state index contributed by atoms with van der Waals surface area (Å²) in [6.45, 7) is 0. The summed E-state index contributed by atoms with van der Waals surface area (Å²) in [4.78, 5) is 11.5. The van der Waals surface area contributed by atoms with Crippen molar-refractivity contribution in [3.8, 4) is 0 Å². The lowest BCUT2D eigenvalue weighted by molar-refractivity contribution is -0.115. The largest absolute Gasteiger partial charge is 0.323 e. The minimum Gasteiger partial charge on any atom is -0.323 e. The van der Waals surface area contributed by atoms with Gasteiger partial charge in [0.05, 0.1) is 12.1 Å². The van der Waals surface area contributed by atoms with Crippen LogP contribution >= 0.6 is 0 Å². The molecule has 4 nitrogen and oxygen atoms in total. The van der Waals surface area contributed by atoms with E-state index in [9.17, 15) is 13.6 Å². The Bertz CT molecular complexity index is 526. The molecule has 0 saturated carbocycles. The van der Waals surface area contributed by atoms with Gasteiger partial charge >= 0.3 is 0 Å². The van der Waals surface area contributed by atoms with Gasteiger partial charge in [-0.25, -0.2) is 8.78 Å². The number of hydrogen-bond acceptors (Lipinski definition) is 2. The summed E-state index contributed by atoms with van der Waals surface area (Å²) in [7, 11) is 0. The normalized spacial score (nSPS) is 10.2. The molecule has 88 valence electrons. The van der Waals surface area contributed by atoms with E-state index in [-0.39, 0.29) is 12.1 Å². The van der Waals surface area contributed by atoms with Crippen LogP contribution in [-0.2, 0) is 11.2 Å². The second kappa shape index (κ2) is 4.73. The molecule has 0 aliphatic heterocycles. The van der Waals surface area contributed by atoms with Crippen molar-refractivity contribution in [3.63, 3.8) is 0 Å². The molecule has 17 heavy (non-hydrogen) atoms. The molecule has 0 fully saturated rings. The van der Waals surface area contributed by atoms with Gasteiger partial charge in [0.2, 0.25) is 5.91 Å². The fourth-order valence-corrected chi connectivity index (χ4v) is 1.35. The Balaban J connectivity index is 2.06. The Labute approximate surface area is 95.7 Å². The van der Waals surface area contributed by atoms with E-state index in [1.54, 1.807) is 6.07 Å². The summed E-state index contributed by atoms with van der Waals surface area (Å²) in [5, 5.41) is 8.56. The van der Waals surface area contributed by atoms with Crippen molar-refractivity contribution < 1.29 is 13.6 Å². The topological polar surface area (TPSA) is 57.8 Å². The van der Waals surface area contributed by atoms with Crippen LogP contribution in [0.2, 0.25) is 0 Å². The molecule has 1 aromatic heterocycles. The molecule has 2 N–H and O–H groups in total. The van der Waals surface area contributed by atoms with Gasteiger partial charge in [-0.1, -0.05) is 6.07 Å². The van der Waals surface area contributed by atoms with Gasteiger partial charge in [0.1, 0.15) is 0 Å². The zero-order valence-electron chi connectivity index (χ0n) is 8.71. The van der Waals surface area contributed by atoms with Crippen molar-refractivity contribution in [1.29, 1.82) is 0 Å². The number of anilines is 1. The molecule has 0 radical (unpaired) electrons. The summed E-state index contributed by atoms with van der Waals surface area (Å²) in [5.74, 6) is -2.51. The van der Waals surface area contributed by atoms with E-state index >= 15 is 0 Å². The highest BCUT2D eigenvalue weighted by Crippen LogP contribution is 2.16. The quantitative estimate of drug-likeness (QED) is 0.856. The minimum atomic E-state index is -1.06. The van der Waals surface area contributed by atoms with E-state index in [2.05, 4.69) is 15.5 Å². The third-order valence-corrected chi connectivity index (χ3v) is 2.14. The van der Waals surface area contributed by atoms with Gasteiger partial charge in [0, 0.05) is 11.9 Å². The number of aromatic amines is 1. The van der Waals surface area contributed by atoms with Crippen LogP contribution in [0.25, 0.3) is 0 Å². The molecule has 0 bridgehead atoms. The van der Waals surface area contributed by atoms with Gasteiger partial charge in [-0.3, -0.25) is 9.89 Å². The number of aromatic nitrogens is 2. The fourth-order valence-electron chi connectivity index (χ4n) is 1.35. The zero-order chi connectivity index (χ0) is 12.3. The smallest absolute Gasteiger partial charge is 0.230 e. The molecule has 1 heterocycles. The highest BCUT2D eigenvalue weighted by molar-refractivity contribution is 5.92. The van der Waals surface area contributed by atoms with Crippen LogP contribution in [0.4, 0.5) is 14.5 Å². The van der Waals surface area contributed by atoms with Gasteiger partial charge in [0.25, 0.3) is 0 Å². The van der Waals surface area contributed by atoms with Crippen molar-refractivity contribution in [1.82, 2.24) is 10.2 Å². The maximum atomic E-state index is 13.2. The Hall–Kier alpha value is -2.24. The molecule has 0 unspecified atom stereocenters. The summed E-state index contributed by atoms with van der Waals surface area (Å²) in [6, 6.07) is 5.23. The Morgan fingerprint density at radius 3 is 2.88 bits per heavy atom. The van der Waals surface area contributed by atoms with Gasteiger partial charge in [-0.2, -0.15) is 5.10 Å². The Morgan fingerprint density at radius 1 is 1.35 bits per heavy atom. The number of amides is 1. The van der Waals surface area contributed by atoms with Crippen molar-refractivity contribution in [2.24, 2.45) is 0 Å². The first-order chi connectivity index (χ1) is 8.16. The number of hydrogen-bond donors (Lipinski definition) is 2.